The van der Waals surface area contributed by atoms with E-state index in [0.29, 0.717) is 37.1 Å². The largest absolute Gasteiger partial charge is 0.342 e. The van der Waals surface area contributed by atoms with Crippen molar-refractivity contribution in [1.29, 1.82) is 0 Å². The molecule has 0 bridgehead atoms. The maximum Gasteiger partial charge on any atom is 0.262 e. The first-order valence-electron chi connectivity index (χ1n) is 11.9. The Kier molecular flexibility index (Phi) is 6.63. The zero-order chi connectivity index (χ0) is 22.8. The number of carbonyl (C=O) groups excluding carboxylic acids is 4. The van der Waals surface area contributed by atoms with Crippen molar-refractivity contribution < 1.29 is 19.2 Å². The summed E-state index contributed by atoms with van der Waals surface area (Å²) in [6.07, 6.45) is 5.77. The van der Waals surface area contributed by atoms with E-state index in [-0.39, 0.29) is 23.7 Å². The zero-order valence-electron chi connectivity index (χ0n) is 19.1. The van der Waals surface area contributed by atoms with E-state index < -0.39 is 17.9 Å². The molecular weight excluding hydrogens is 406 g/mol. The third-order valence-corrected chi connectivity index (χ3v) is 7.06. The highest BCUT2D eigenvalue weighted by molar-refractivity contribution is 6.22. The number of imide groups is 1. The summed E-state index contributed by atoms with van der Waals surface area (Å²) >= 11 is 0. The summed E-state index contributed by atoms with van der Waals surface area (Å²) in [5, 5.41) is 0. The molecule has 1 aromatic carbocycles. The number of piperidine rings is 1. The van der Waals surface area contributed by atoms with Crippen LogP contribution in [0, 0.1) is 11.8 Å². The van der Waals surface area contributed by atoms with Gasteiger partial charge in [-0.15, -0.1) is 0 Å². The van der Waals surface area contributed by atoms with Crippen LogP contribution in [-0.2, 0) is 9.59 Å². The first-order valence-corrected chi connectivity index (χ1v) is 11.9. The van der Waals surface area contributed by atoms with Crippen molar-refractivity contribution >= 4 is 23.6 Å². The first-order chi connectivity index (χ1) is 15.4. The third-order valence-electron chi connectivity index (χ3n) is 7.06. The average Bonchev–Trinajstić information content (AvgIpc) is 2.99. The van der Waals surface area contributed by atoms with Gasteiger partial charge in [-0.2, -0.15) is 0 Å². The van der Waals surface area contributed by atoms with E-state index in [1.165, 1.54) is 12.8 Å². The number of likely N-dealkylation sites (tertiary alicyclic amines) is 2. The van der Waals surface area contributed by atoms with E-state index >= 15 is 0 Å². The molecule has 4 amide bonds. The molecule has 0 aromatic heterocycles. The second-order valence-corrected chi connectivity index (χ2v) is 9.55. The molecule has 1 aromatic rings. The molecule has 0 radical (unpaired) electrons. The van der Waals surface area contributed by atoms with Crippen molar-refractivity contribution in [3.05, 3.63) is 35.4 Å². The quantitative estimate of drug-likeness (QED) is 0.676. The van der Waals surface area contributed by atoms with Gasteiger partial charge in [-0.25, -0.2) is 0 Å². The predicted octanol–water partition coefficient (Wildman–Crippen LogP) is 2.95. The Morgan fingerprint density at radius 1 is 0.812 bits per heavy atom. The molecule has 3 aliphatic rings. The molecule has 0 N–H and O–H groups in total. The molecule has 0 saturated carbocycles. The molecule has 0 spiro atoms. The minimum Gasteiger partial charge on any atom is -0.342 e. The lowest BCUT2D eigenvalue weighted by atomic mass is 9.93. The van der Waals surface area contributed by atoms with Crippen molar-refractivity contribution in [1.82, 2.24) is 14.7 Å². The van der Waals surface area contributed by atoms with Gasteiger partial charge in [0, 0.05) is 32.1 Å². The Hall–Kier alpha value is -2.70. The van der Waals surface area contributed by atoms with Crippen molar-refractivity contribution in [2.24, 2.45) is 11.8 Å². The lowest BCUT2D eigenvalue weighted by molar-refractivity contribution is -0.143. The third kappa shape index (κ3) is 4.17. The summed E-state index contributed by atoms with van der Waals surface area (Å²) in [5.74, 6) is -1.03. The van der Waals surface area contributed by atoms with E-state index in [0.717, 1.165) is 30.8 Å². The lowest BCUT2D eigenvalue weighted by Crippen LogP contribution is -2.55. The van der Waals surface area contributed by atoms with Gasteiger partial charge in [0.15, 0.2) is 0 Å². The number of nitrogens with zero attached hydrogens (tertiary/aromatic N) is 3. The zero-order valence-corrected chi connectivity index (χ0v) is 19.1. The van der Waals surface area contributed by atoms with Crippen molar-refractivity contribution in [2.75, 3.05) is 26.2 Å². The molecule has 172 valence electrons. The fraction of sp³-hybridized carbons (Fsp3) is 0.600. The van der Waals surface area contributed by atoms with Gasteiger partial charge in [-0.05, 0) is 43.7 Å². The highest BCUT2D eigenvalue weighted by Gasteiger charge is 2.45. The van der Waals surface area contributed by atoms with Gasteiger partial charge in [-0.3, -0.25) is 24.1 Å². The second kappa shape index (κ2) is 9.43. The number of carbonyl (C=O) groups is 4. The molecule has 7 heteroatoms. The minimum absolute atomic E-state index is 0.0473. The van der Waals surface area contributed by atoms with E-state index in [4.69, 9.17) is 0 Å². The Bertz CT molecular complexity index is 861. The molecule has 0 aliphatic carbocycles. The summed E-state index contributed by atoms with van der Waals surface area (Å²) in [5.41, 5.74) is 0.718. The lowest BCUT2D eigenvalue weighted by Gasteiger charge is -2.38. The minimum atomic E-state index is -0.833. The Labute approximate surface area is 189 Å². The van der Waals surface area contributed by atoms with Gasteiger partial charge < -0.3 is 9.80 Å². The molecule has 1 unspecified atom stereocenters. The molecular formula is C25H33N3O4. The highest BCUT2D eigenvalue weighted by atomic mass is 16.2. The fourth-order valence-corrected chi connectivity index (χ4v) is 5.24. The number of fused-ring (bicyclic) bond motifs is 1. The van der Waals surface area contributed by atoms with E-state index in [9.17, 15) is 19.2 Å². The smallest absolute Gasteiger partial charge is 0.262 e. The first kappa shape index (κ1) is 22.5. The molecule has 3 aliphatic heterocycles. The van der Waals surface area contributed by atoms with Crippen molar-refractivity contribution in [3.63, 3.8) is 0 Å². The molecule has 3 heterocycles. The van der Waals surface area contributed by atoms with Gasteiger partial charge in [-0.1, -0.05) is 38.8 Å². The van der Waals surface area contributed by atoms with Crippen LogP contribution in [0.1, 0.15) is 73.1 Å². The SMILES string of the molecule is CC(C)C(C(=O)N1CCC(C(=O)N2CCCCCC2)CC1)N1C(=O)c2ccccc2C1=O. The predicted molar refractivity (Wildman–Crippen MR) is 120 cm³/mol. The highest BCUT2D eigenvalue weighted by Crippen LogP contribution is 2.29. The van der Waals surface area contributed by atoms with Crippen LogP contribution in [0.4, 0.5) is 0 Å². The van der Waals surface area contributed by atoms with Crippen molar-refractivity contribution in [2.45, 2.75) is 58.4 Å². The number of hydrogen-bond acceptors (Lipinski definition) is 4. The van der Waals surface area contributed by atoms with E-state index in [2.05, 4.69) is 0 Å². The number of rotatable bonds is 4. The topological polar surface area (TPSA) is 78.0 Å². The maximum absolute atomic E-state index is 13.5. The van der Waals surface area contributed by atoms with Gasteiger partial charge in [0.1, 0.15) is 6.04 Å². The Morgan fingerprint density at radius 3 is 1.84 bits per heavy atom. The van der Waals surface area contributed by atoms with Crippen LogP contribution in [0.25, 0.3) is 0 Å². The average molecular weight is 440 g/mol. The number of benzene rings is 1. The van der Waals surface area contributed by atoms with Crippen molar-refractivity contribution in [3.8, 4) is 0 Å². The standard InChI is InChI=1S/C25H33N3O4/c1-17(2)21(28-23(30)19-9-5-6-10-20(19)24(28)31)25(32)27-15-11-18(12-16-27)22(29)26-13-7-3-4-8-14-26/h5-6,9-10,17-18,21H,3-4,7-8,11-16H2,1-2H3. The summed E-state index contributed by atoms with van der Waals surface area (Å²) < 4.78 is 0. The molecule has 1 atom stereocenters. The van der Waals surface area contributed by atoms with Crippen LogP contribution < -0.4 is 0 Å². The maximum atomic E-state index is 13.5. The monoisotopic (exact) mass is 439 g/mol. The normalized spacial score (nSPS) is 21.0. The fourth-order valence-electron chi connectivity index (χ4n) is 5.24. The van der Waals surface area contributed by atoms with Crippen LogP contribution in [0.5, 0.6) is 0 Å². The Morgan fingerprint density at radius 2 is 1.34 bits per heavy atom. The molecule has 7 nitrogen and oxygen atoms in total. The van der Waals surface area contributed by atoms with Gasteiger partial charge in [0.05, 0.1) is 11.1 Å². The molecule has 2 saturated heterocycles. The van der Waals surface area contributed by atoms with Crippen LogP contribution in [0.3, 0.4) is 0 Å². The van der Waals surface area contributed by atoms with Gasteiger partial charge >= 0.3 is 0 Å². The summed E-state index contributed by atoms with van der Waals surface area (Å²) in [7, 11) is 0. The summed E-state index contributed by atoms with van der Waals surface area (Å²) in [4.78, 5) is 57.3. The summed E-state index contributed by atoms with van der Waals surface area (Å²) in [6, 6.07) is 5.90. The van der Waals surface area contributed by atoms with Gasteiger partial charge in [0.25, 0.3) is 11.8 Å². The number of hydrogen-bond donors (Lipinski definition) is 0. The van der Waals surface area contributed by atoms with E-state index in [1.54, 1.807) is 29.2 Å². The van der Waals surface area contributed by atoms with Crippen LogP contribution >= 0.6 is 0 Å². The van der Waals surface area contributed by atoms with Crippen LogP contribution in [0.15, 0.2) is 24.3 Å². The molecule has 32 heavy (non-hydrogen) atoms. The second-order valence-electron chi connectivity index (χ2n) is 9.55. The van der Waals surface area contributed by atoms with Gasteiger partial charge in [0.2, 0.25) is 11.8 Å². The summed E-state index contributed by atoms with van der Waals surface area (Å²) in [6.45, 7) is 6.37. The van der Waals surface area contributed by atoms with E-state index in [1.807, 2.05) is 18.7 Å². The molecule has 4 rings (SSSR count). The Balaban J connectivity index is 1.43. The van der Waals surface area contributed by atoms with Crippen LogP contribution in [0.2, 0.25) is 0 Å². The molecule has 2 fully saturated rings. The number of amides is 4. The van der Waals surface area contributed by atoms with Crippen LogP contribution in [-0.4, -0.2) is 70.5 Å².